The lowest BCUT2D eigenvalue weighted by Crippen LogP contribution is -2.02. The molecule has 0 amide bonds. The molecular formula is C13H13ClFNOS. The highest BCUT2D eigenvalue weighted by molar-refractivity contribution is 7.09. The highest BCUT2D eigenvalue weighted by Gasteiger charge is 2.04. The molecule has 0 aliphatic heterocycles. The van der Waals surface area contributed by atoms with E-state index in [1.807, 2.05) is 12.3 Å². The van der Waals surface area contributed by atoms with E-state index < -0.39 is 0 Å². The number of nitrogens with zero attached hydrogens (tertiary/aromatic N) is 1. The number of rotatable bonds is 5. The van der Waals surface area contributed by atoms with Crippen molar-refractivity contribution in [1.29, 1.82) is 0 Å². The van der Waals surface area contributed by atoms with Gasteiger partial charge in [-0.2, -0.15) is 0 Å². The Labute approximate surface area is 114 Å². The summed E-state index contributed by atoms with van der Waals surface area (Å²) in [7, 11) is 0. The lowest BCUT2D eigenvalue weighted by atomic mass is 10.2. The zero-order valence-electron chi connectivity index (χ0n) is 9.95. The summed E-state index contributed by atoms with van der Waals surface area (Å²) >= 11 is 7.26. The van der Waals surface area contributed by atoms with Crippen LogP contribution in [0.15, 0.2) is 23.6 Å². The van der Waals surface area contributed by atoms with E-state index >= 15 is 0 Å². The van der Waals surface area contributed by atoms with Crippen LogP contribution in [0.25, 0.3) is 0 Å². The van der Waals surface area contributed by atoms with Crippen molar-refractivity contribution < 1.29 is 9.13 Å². The standard InChI is InChI=1S/C13H13ClFNOS/c1-9-6-10(15)2-3-12(9)17-5-4-13-16-11(7-14)8-18-13/h2-3,6,8H,4-5,7H2,1H3. The van der Waals surface area contributed by atoms with Crippen LogP contribution < -0.4 is 4.74 Å². The van der Waals surface area contributed by atoms with E-state index in [1.165, 1.54) is 12.1 Å². The molecule has 1 heterocycles. The van der Waals surface area contributed by atoms with Gasteiger partial charge in [-0.05, 0) is 30.7 Å². The third kappa shape index (κ3) is 3.43. The molecule has 0 saturated heterocycles. The summed E-state index contributed by atoms with van der Waals surface area (Å²) in [6.07, 6.45) is 0.734. The van der Waals surface area contributed by atoms with Crippen molar-refractivity contribution in [2.75, 3.05) is 6.61 Å². The Balaban J connectivity index is 1.88. The zero-order chi connectivity index (χ0) is 13.0. The Kier molecular flexibility index (Phi) is 4.55. The Morgan fingerprint density at radius 3 is 2.94 bits per heavy atom. The first-order chi connectivity index (χ1) is 8.69. The number of hydrogen-bond donors (Lipinski definition) is 0. The molecule has 2 nitrogen and oxygen atoms in total. The molecule has 18 heavy (non-hydrogen) atoms. The molecule has 1 aromatic carbocycles. The predicted octanol–water partition coefficient (Wildman–Crippen LogP) is 3.95. The van der Waals surface area contributed by atoms with Crippen LogP contribution in [-0.4, -0.2) is 11.6 Å². The molecule has 0 aliphatic carbocycles. The van der Waals surface area contributed by atoms with Crippen molar-refractivity contribution >= 4 is 22.9 Å². The van der Waals surface area contributed by atoms with E-state index in [1.54, 1.807) is 17.4 Å². The maximum atomic E-state index is 12.9. The average Bonchev–Trinajstić information content (AvgIpc) is 2.80. The third-order valence-electron chi connectivity index (χ3n) is 2.45. The fraction of sp³-hybridized carbons (Fsp3) is 0.308. The van der Waals surface area contributed by atoms with Gasteiger partial charge in [0.25, 0.3) is 0 Å². The highest BCUT2D eigenvalue weighted by Crippen LogP contribution is 2.19. The Morgan fingerprint density at radius 2 is 2.28 bits per heavy atom. The van der Waals surface area contributed by atoms with Crippen LogP contribution in [0.5, 0.6) is 5.75 Å². The second-order valence-corrected chi connectivity index (χ2v) is 5.08. The quantitative estimate of drug-likeness (QED) is 0.776. The summed E-state index contributed by atoms with van der Waals surface area (Å²) in [5, 5.41) is 2.95. The summed E-state index contributed by atoms with van der Waals surface area (Å²) in [6.45, 7) is 2.36. The van der Waals surface area contributed by atoms with Gasteiger partial charge in [-0.3, -0.25) is 0 Å². The van der Waals surface area contributed by atoms with E-state index in [4.69, 9.17) is 16.3 Å². The van der Waals surface area contributed by atoms with Crippen LogP contribution in [0.4, 0.5) is 4.39 Å². The SMILES string of the molecule is Cc1cc(F)ccc1OCCc1nc(CCl)cs1. The molecule has 2 aromatic rings. The first kappa shape index (κ1) is 13.3. The molecule has 0 bridgehead atoms. The molecule has 0 N–H and O–H groups in total. The average molecular weight is 286 g/mol. The largest absolute Gasteiger partial charge is 0.493 e. The molecule has 0 fully saturated rings. The number of thiazole rings is 1. The number of aromatic nitrogens is 1. The highest BCUT2D eigenvalue weighted by atomic mass is 35.5. The first-order valence-electron chi connectivity index (χ1n) is 5.57. The number of aryl methyl sites for hydroxylation is 1. The summed E-state index contributed by atoms with van der Waals surface area (Å²) in [5.74, 6) is 0.908. The van der Waals surface area contributed by atoms with Gasteiger partial charge in [0, 0.05) is 11.8 Å². The molecule has 5 heteroatoms. The number of ether oxygens (including phenoxy) is 1. The molecule has 2 rings (SSSR count). The number of halogens is 2. The fourth-order valence-electron chi connectivity index (χ4n) is 1.55. The molecule has 0 atom stereocenters. The maximum absolute atomic E-state index is 12.9. The first-order valence-corrected chi connectivity index (χ1v) is 6.98. The van der Waals surface area contributed by atoms with Crippen LogP contribution in [0, 0.1) is 12.7 Å². The fourth-order valence-corrected chi connectivity index (χ4v) is 2.56. The summed E-state index contributed by atoms with van der Waals surface area (Å²) < 4.78 is 18.5. The molecule has 0 spiro atoms. The van der Waals surface area contributed by atoms with Crippen molar-refractivity contribution in [3.8, 4) is 5.75 Å². The molecular weight excluding hydrogens is 273 g/mol. The molecule has 1 aromatic heterocycles. The lowest BCUT2D eigenvalue weighted by molar-refractivity contribution is 0.319. The lowest BCUT2D eigenvalue weighted by Gasteiger charge is -2.07. The van der Waals surface area contributed by atoms with E-state index in [0.717, 1.165) is 22.7 Å². The normalized spacial score (nSPS) is 10.6. The van der Waals surface area contributed by atoms with Gasteiger partial charge in [0.2, 0.25) is 0 Å². The summed E-state index contributed by atoms with van der Waals surface area (Å²) in [4.78, 5) is 4.34. The van der Waals surface area contributed by atoms with Crippen LogP contribution in [-0.2, 0) is 12.3 Å². The molecule has 0 aliphatic rings. The minimum atomic E-state index is -0.244. The zero-order valence-corrected chi connectivity index (χ0v) is 11.5. The van der Waals surface area contributed by atoms with Gasteiger partial charge in [-0.15, -0.1) is 22.9 Å². The van der Waals surface area contributed by atoms with E-state index in [0.29, 0.717) is 18.2 Å². The van der Waals surface area contributed by atoms with E-state index in [9.17, 15) is 4.39 Å². The van der Waals surface area contributed by atoms with Crippen LogP contribution in [0.3, 0.4) is 0 Å². The molecule has 0 radical (unpaired) electrons. The van der Waals surface area contributed by atoms with Crippen LogP contribution >= 0.6 is 22.9 Å². The Morgan fingerprint density at radius 1 is 1.44 bits per heavy atom. The van der Waals surface area contributed by atoms with Crippen molar-refractivity contribution in [3.05, 3.63) is 45.7 Å². The summed E-state index contributed by atoms with van der Waals surface area (Å²) in [6, 6.07) is 4.51. The topological polar surface area (TPSA) is 22.1 Å². The van der Waals surface area contributed by atoms with Crippen molar-refractivity contribution in [2.24, 2.45) is 0 Å². The van der Waals surface area contributed by atoms with Gasteiger partial charge in [0.1, 0.15) is 11.6 Å². The molecule has 96 valence electrons. The predicted molar refractivity (Wildman–Crippen MR) is 72.0 cm³/mol. The second-order valence-electron chi connectivity index (χ2n) is 3.87. The van der Waals surface area contributed by atoms with Gasteiger partial charge in [-0.1, -0.05) is 0 Å². The van der Waals surface area contributed by atoms with E-state index in [2.05, 4.69) is 4.98 Å². The van der Waals surface area contributed by atoms with Gasteiger partial charge in [0.15, 0.2) is 0 Å². The van der Waals surface area contributed by atoms with Gasteiger partial charge < -0.3 is 4.74 Å². The van der Waals surface area contributed by atoms with Crippen LogP contribution in [0.1, 0.15) is 16.3 Å². The Bertz CT molecular complexity index is 529. The molecule has 0 saturated carbocycles. The third-order valence-corrected chi connectivity index (χ3v) is 3.68. The number of hydrogen-bond acceptors (Lipinski definition) is 3. The monoisotopic (exact) mass is 285 g/mol. The maximum Gasteiger partial charge on any atom is 0.123 e. The minimum absolute atomic E-state index is 0.244. The second kappa shape index (κ2) is 6.16. The smallest absolute Gasteiger partial charge is 0.123 e. The summed E-state index contributed by atoms with van der Waals surface area (Å²) in [5.41, 5.74) is 1.70. The van der Waals surface area contributed by atoms with Gasteiger partial charge in [0.05, 0.1) is 23.2 Å². The van der Waals surface area contributed by atoms with E-state index in [-0.39, 0.29) is 5.82 Å². The molecule has 0 unspecified atom stereocenters. The number of alkyl halides is 1. The van der Waals surface area contributed by atoms with Crippen molar-refractivity contribution in [3.63, 3.8) is 0 Å². The minimum Gasteiger partial charge on any atom is -0.493 e. The van der Waals surface area contributed by atoms with Crippen LogP contribution in [0.2, 0.25) is 0 Å². The Hall–Kier alpha value is -1.13. The number of benzene rings is 1. The van der Waals surface area contributed by atoms with Crippen molar-refractivity contribution in [2.45, 2.75) is 19.2 Å². The van der Waals surface area contributed by atoms with Gasteiger partial charge >= 0.3 is 0 Å². The van der Waals surface area contributed by atoms with Gasteiger partial charge in [-0.25, -0.2) is 9.37 Å². The van der Waals surface area contributed by atoms with Crippen molar-refractivity contribution in [1.82, 2.24) is 4.98 Å².